The quantitative estimate of drug-likeness (QED) is 0.395. The fraction of sp³-hybridized carbons (Fsp3) is 0.562. The maximum atomic E-state index is 13.2. The largest absolute Gasteiger partial charge is 0.356 e. The minimum absolute atomic E-state index is 0. The van der Waals surface area contributed by atoms with Gasteiger partial charge >= 0.3 is 0 Å². The Bertz CT molecular complexity index is 692. The van der Waals surface area contributed by atoms with E-state index in [4.69, 9.17) is 0 Å². The van der Waals surface area contributed by atoms with Crippen molar-refractivity contribution in [3.63, 3.8) is 0 Å². The molecule has 1 aromatic rings. The lowest BCUT2D eigenvalue weighted by Crippen LogP contribution is -2.41. The highest BCUT2D eigenvalue weighted by molar-refractivity contribution is 14.0. The average molecular weight is 467 g/mol. The lowest BCUT2D eigenvalue weighted by atomic mass is 10.1. The molecule has 1 saturated carbocycles. The van der Waals surface area contributed by atoms with E-state index in [1.54, 1.807) is 6.07 Å². The number of sulfone groups is 1. The Morgan fingerprint density at radius 2 is 2.08 bits per heavy atom. The van der Waals surface area contributed by atoms with Crippen LogP contribution in [0.2, 0.25) is 0 Å². The molecule has 0 aromatic heterocycles. The third-order valence-corrected chi connectivity index (χ3v) is 5.95. The van der Waals surface area contributed by atoms with E-state index >= 15 is 0 Å². The van der Waals surface area contributed by atoms with E-state index < -0.39 is 9.84 Å². The van der Waals surface area contributed by atoms with Crippen LogP contribution in [0.15, 0.2) is 29.3 Å². The van der Waals surface area contributed by atoms with E-state index in [0.717, 1.165) is 18.4 Å². The van der Waals surface area contributed by atoms with Crippen molar-refractivity contribution in [1.82, 2.24) is 10.6 Å². The van der Waals surface area contributed by atoms with E-state index in [1.165, 1.54) is 12.1 Å². The fourth-order valence-electron chi connectivity index (χ4n) is 2.65. The van der Waals surface area contributed by atoms with Crippen molar-refractivity contribution in [1.29, 1.82) is 0 Å². The molecule has 1 unspecified atom stereocenters. The Morgan fingerprint density at radius 3 is 2.71 bits per heavy atom. The summed E-state index contributed by atoms with van der Waals surface area (Å²) in [6.07, 6.45) is 2.95. The molecular weight excluding hydrogens is 444 g/mol. The Morgan fingerprint density at radius 1 is 1.29 bits per heavy atom. The number of guanidine groups is 1. The highest BCUT2D eigenvalue weighted by Gasteiger charge is 2.28. The van der Waals surface area contributed by atoms with Crippen LogP contribution in [-0.2, 0) is 16.4 Å². The molecule has 1 aliphatic carbocycles. The van der Waals surface area contributed by atoms with Crippen LogP contribution in [-0.4, -0.2) is 38.5 Å². The molecule has 2 N–H and O–H groups in total. The Hall–Kier alpha value is -0.900. The van der Waals surface area contributed by atoms with Gasteiger partial charge in [0.15, 0.2) is 15.8 Å². The Kier molecular flexibility index (Phi) is 6.85. The predicted molar refractivity (Wildman–Crippen MR) is 104 cm³/mol. The number of hydrogen-bond acceptors (Lipinski definition) is 3. The smallest absolute Gasteiger partial charge is 0.191 e. The lowest BCUT2D eigenvalue weighted by Gasteiger charge is -2.14. The second kappa shape index (κ2) is 8.46. The summed E-state index contributed by atoms with van der Waals surface area (Å²) in [6, 6.07) is 6.84. The maximum Gasteiger partial charge on any atom is 0.191 e. The van der Waals surface area contributed by atoms with Gasteiger partial charge in [0.05, 0.1) is 18.1 Å². The first-order valence-corrected chi connectivity index (χ1v) is 9.82. The van der Waals surface area contributed by atoms with Crippen LogP contribution in [0.1, 0.15) is 24.8 Å². The molecule has 5 nitrogen and oxygen atoms in total. The molecule has 24 heavy (non-hydrogen) atoms. The summed E-state index contributed by atoms with van der Waals surface area (Å²) >= 11 is 0. The van der Waals surface area contributed by atoms with Crippen LogP contribution in [0.4, 0.5) is 4.39 Å². The molecule has 1 atom stereocenters. The van der Waals surface area contributed by atoms with Gasteiger partial charge in [-0.2, -0.15) is 0 Å². The second-order valence-corrected chi connectivity index (χ2v) is 8.59. The van der Waals surface area contributed by atoms with Gasteiger partial charge < -0.3 is 10.6 Å². The Balaban J connectivity index is 0.00000208. The molecule has 1 saturated heterocycles. The summed E-state index contributed by atoms with van der Waals surface area (Å²) in [6.45, 7) is 0.990. The van der Waals surface area contributed by atoms with Gasteiger partial charge in [0.1, 0.15) is 5.82 Å². The lowest BCUT2D eigenvalue weighted by molar-refractivity contribution is 0.566. The minimum Gasteiger partial charge on any atom is -0.356 e. The van der Waals surface area contributed by atoms with Crippen LogP contribution < -0.4 is 10.6 Å². The van der Waals surface area contributed by atoms with Gasteiger partial charge in [-0.1, -0.05) is 12.1 Å². The molecule has 1 heterocycles. The van der Waals surface area contributed by atoms with Gasteiger partial charge in [-0.25, -0.2) is 17.8 Å². The predicted octanol–water partition coefficient (Wildman–Crippen LogP) is 2.08. The molecule has 8 heteroatoms. The van der Waals surface area contributed by atoms with Gasteiger partial charge in [0.2, 0.25) is 0 Å². The van der Waals surface area contributed by atoms with Crippen LogP contribution in [0.5, 0.6) is 0 Å². The monoisotopic (exact) mass is 467 g/mol. The summed E-state index contributed by atoms with van der Waals surface area (Å²) < 4.78 is 36.2. The molecule has 0 spiro atoms. The van der Waals surface area contributed by atoms with E-state index in [0.29, 0.717) is 31.5 Å². The molecule has 3 rings (SSSR count). The number of aliphatic imine (C=N–C) groups is 1. The standard InChI is InChI=1S/C16H22FN3O2S.HI/c17-14-3-1-2-12(8-14)9-18-16(20-15-4-5-15)19-10-13-6-7-23(21,22)11-13;/h1-3,8,13,15H,4-7,9-11H2,(H2,18,19,20);1H. The SMILES string of the molecule is I.O=S1(=O)CCC(CNC(=NCc2cccc(F)c2)NC2CC2)C1. The molecule has 134 valence electrons. The molecular formula is C16H23FIN3O2S. The number of halogens is 2. The van der Waals surface area contributed by atoms with Gasteiger partial charge in [-0.05, 0) is 42.9 Å². The van der Waals surface area contributed by atoms with Crippen molar-refractivity contribution in [2.45, 2.75) is 31.8 Å². The summed E-state index contributed by atoms with van der Waals surface area (Å²) in [5.41, 5.74) is 0.811. The van der Waals surface area contributed by atoms with Crippen LogP contribution in [0.25, 0.3) is 0 Å². The first-order valence-electron chi connectivity index (χ1n) is 8.00. The van der Waals surface area contributed by atoms with Crippen molar-refractivity contribution in [3.05, 3.63) is 35.6 Å². The second-order valence-electron chi connectivity index (χ2n) is 6.36. The van der Waals surface area contributed by atoms with Crippen LogP contribution in [0.3, 0.4) is 0 Å². The fourth-order valence-corrected chi connectivity index (χ4v) is 4.52. The van der Waals surface area contributed by atoms with Crippen molar-refractivity contribution >= 4 is 39.8 Å². The maximum absolute atomic E-state index is 13.2. The third kappa shape index (κ3) is 6.19. The topological polar surface area (TPSA) is 70.6 Å². The Labute approximate surface area is 159 Å². The van der Waals surface area contributed by atoms with Crippen LogP contribution >= 0.6 is 24.0 Å². The zero-order chi connectivity index (χ0) is 16.3. The highest BCUT2D eigenvalue weighted by atomic mass is 127. The van der Waals surface area contributed by atoms with Gasteiger partial charge in [0, 0.05) is 12.6 Å². The third-order valence-electron chi connectivity index (χ3n) is 4.11. The average Bonchev–Trinajstić information content (AvgIpc) is 3.24. The van der Waals surface area contributed by atoms with Gasteiger partial charge in [0.25, 0.3) is 0 Å². The number of nitrogens with zero attached hydrogens (tertiary/aromatic N) is 1. The molecule has 0 amide bonds. The molecule has 1 aliphatic heterocycles. The van der Waals surface area contributed by atoms with Crippen molar-refractivity contribution in [2.75, 3.05) is 18.1 Å². The molecule has 2 aliphatic rings. The number of rotatable bonds is 5. The van der Waals surface area contributed by atoms with E-state index in [1.807, 2.05) is 6.07 Å². The zero-order valence-electron chi connectivity index (χ0n) is 13.4. The van der Waals surface area contributed by atoms with Crippen molar-refractivity contribution < 1.29 is 12.8 Å². The van der Waals surface area contributed by atoms with Crippen molar-refractivity contribution in [3.8, 4) is 0 Å². The normalized spacial score (nSPS) is 22.7. The molecule has 1 aromatic carbocycles. The summed E-state index contributed by atoms with van der Waals surface area (Å²) in [5.74, 6) is 1.09. The summed E-state index contributed by atoms with van der Waals surface area (Å²) in [4.78, 5) is 4.49. The first kappa shape index (κ1) is 19.4. The van der Waals surface area contributed by atoms with Gasteiger partial charge in [-0.15, -0.1) is 24.0 Å². The first-order chi connectivity index (χ1) is 11.0. The summed E-state index contributed by atoms with van der Waals surface area (Å²) in [7, 11) is -2.86. The molecule has 2 fully saturated rings. The molecule has 0 bridgehead atoms. The van der Waals surface area contributed by atoms with E-state index in [2.05, 4.69) is 15.6 Å². The molecule has 0 radical (unpaired) electrons. The van der Waals surface area contributed by atoms with Crippen LogP contribution in [0, 0.1) is 11.7 Å². The minimum atomic E-state index is -2.86. The number of benzene rings is 1. The summed E-state index contributed by atoms with van der Waals surface area (Å²) in [5, 5.41) is 6.55. The number of hydrogen-bond donors (Lipinski definition) is 2. The number of nitrogens with one attached hydrogen (secondary N) is 2. The van der Waals surface area contributed by atoms with Gasteiger partial charge in [-0.3, -0.25) is 0 Å². The van der Waals surface area contributed by atoms with E-state index in [9.17, 15) is 12.8 Å². The zero-order valence-corrected chi connectivity index (χ0v) is 16.5. The van der Waals surface area contributed by atoms with E-state index in [-0.39, 0.29) is 47.2 Å². The van der Waals surface area contributed by atoms with Crippen molar-refractivity contribution in [2.24, 2.45) is 10.9 Å². The highest BCUT2D eigenvalue weighted by Crippen LogP contribution is 2.19.